The van der Waals surface area contributed by atoms with E-state index in [9.17, 15) is 13.2 Å². The Morgan fingerprint density at radius 2 is 1.92 bits per heavy atom. The van der Waals surface area contributed by atoms with E-state index in [1.165, 1.54) is 23.2 Å². The Hall–Kier alpha value is -1.44. The van der Waals surface area contributed by atoms with E-state index in [1.807, 2.05) is 0 Å². The second-order valence-corrected chi connectivity index (χ2v) is 8.39. The molecule has 1 aromatic carbocycles. The second-order valence-electron chi connectivity index (χ2n) is 6.45. The van der Waals surface area contributed by atoms with Crippen molar-refractivity contribution in [2.45, 2.75) is 37.0 Å². The predicted molar refractivity (Wildman–Crippen MR) is 91.2 cm³/mol. The maximum absolute atomic E-state index is 12.7. The van der Waals surface area contributed by atoms with Gasteiger partial charge in [0, 0.05) is 25.2 Å². The topological polar surface area (TPSA) is 75.7 Å². The van der Waals surface area contributed by atoms with Crippen LogP contribution in [0.1, 0.15) is 32.1 Å². The number of ether oxygens (including phenoxy) is 1. The molecular formula is C17H24N2O4S. The van der Waals surface area contributed by atoms with Crippen molar-refractivity contribution >= 4 is 21.6 Å². The first kappa shape index (κ1) is 17.4. The molecule has 2 aliphatic rings. The zero-order valence-electron chi connectivity index (χ0n) is 13.7. The van der Waals surface area contributed by atoms with E-state index in [2.05, 4.69) is 5.32 Å². The molecule has 1 amide bonds. The number of benzene rings is 1. The molecule has 0 radical (unpaired) electrons. The van der Waals surface area contributed by atoms with Crippen LogP contribution in [0.4, 0.5) is 5.69 Å². The van der Waals surface area contributed by atoms with Gasteiger partial charge in [-0.3, -0.25) is 4.79 Å². The van der Waals surface area contributed by atoms with Crippen molar-refractivity contribution < 1.29 is 17.9 Å². The van der Waals surface area contributed by atoms with Gasteiger partial charge in [0.05, 0.1) is 18.1 Å². The fourth-order valence-corrected chi connectivity index (χ4v) is 4.81. The molecule has 3 rings (SSSR count). The standard InChI is InChI=1S/C17H24N2O4S/c20-17(12-14-4-1-2-5-14)18-15-6-3-7-16(13-15)24(21,22)19-8-10-23-11-9-19/h3,6-7,13-14H,1-2,4-5,8-12H2,(H,18,20). The van der Waals surface area contributed by atoms with Gasteiger partial charge in [0.1, 0.15) is 0 Å². The van der Waals surface area contributed by atoms with Crippen molar-refractivity contribution in [3.8, 4) is 0 Å². The summed E-state index contributed by atoms with van der Waals surface area (Å²) in [4.78, 5) is 12.4. The number of sulfonamides is 1. The summed E-state index contributed by atoms with van der Waals surface area (Å²) in [5.74, 6) is 0.424. The van der Waals surface area contributed by atoms with E-state index in [-0.39, 0.29) is 10.8 Å². The zero-order chi connectivity index (χ0) is 17.0. The summed E-state index contributed by atoms with van der Waals surface area (Å²) in [7, 11) is -3.54. The number of anilines is 1. The van der Waals surface area contributed by atoms with E-state index < -0.39 is 10.0 Å². The summed E-state index contributed by atoms with van der Waals surface area (Å²) in [6.07, 6.45) is 5.13. The molecule has 7 heteroatoms. The molecule has 1 N–H and O–H groups in total. The third-order valence-corrected chi connectivity index (χ3v) is 6.57. The van der Waals surface area contributed by atoms with Crippen LogP contribution in [-0.2, 0) is 19.6 Å². The number of carbonyl (C=O) groups excluding carboxylic acids is 1. The highest BCUT2D eigenvalue weighted by molar-refractivity contribution is 7.89. The number of morpholine rings is 1. The van der Waals surface area contributed by atoms with E-state index in [0.29, 0.717) is 44.3 Å². The van der Waals surface area contributed by atoms with Crippen molar-refractivity contribution in [1.82, 2.24) is 4.31 Å². The van der Waals surface area contributed by atoms with Crippen molar-refractivity contribution in [2.75, 3.05) is 31.6 Å². The number of nitrogens with one attached hydrogen (secondary N) is 1. The van der Waals surface area contributed by atoms with Crippen molar-refractivity contribution in [2.24, 2.45) is 5.92 Å². The molecule has 1 saturated carbocycles. The molecule has 1 aliphatic heterocycles. The average molecular weight is 352 g/mol. The molecule has 2 fully saturated rings. The van der Waals surface area contributed by atoms with E-state index in [0.717, 1.165) is 12.8 Å². The van der Waals surface area contributed by atoms with Crippen LogP contribution in [0.15, 0.2) is 29.2 Å². The lowest BCUT2D eigenvalue weighted by Crippen LogP contribution is -2.40. The zero-order valence-corrected chi connectivity index (χ0v) is 14.6. The van der Waals surface area contributed by atoms with Gasteiger partial charge in [0.2, 0.25) is 15.9 Å². The van der Waals surface area contributed by atoms with E-state index in [4.69, 9.17) is 4.74 Å². The maximum Gasteiger partial charge on any atom is 0.243 e. The molecule has 0 bridgehead atoms. The lowest BCUT2D eigenvalue weighted by Gasteiger charge is -2.26. The third-order valence-electron chi connectivity index (χ3n) is 4.67. The van der Waals surface area contributed by atoms with Gasteiger partial charge in [-0.25, -0.2) is 8.42 Å². The SMILES string of the molecule is O=C(CC1CCCC1)Nc1cccc(S(=O)(=O)N2CCOCC2)c1. The van der Waals surface area contributed by atoms with Crippen LogP contribution < -0.4 is 5.32 Å². The molecule has 0 aromatic heterocycles. The van der Waals surface area contributed by atoms with Gasteiger partial charge >= 0.3 is 0 Å². The molecule has 1 aromatic rings. The summed E-state index contributed by atoms with van der Waals surface area (Å²) in [5.41, 5.74) is 0.535. The highest BCUT2D eigenvalue weighted by Gasteiger charge is 2.26. The Kier molecular flexibility index (Phi) is 5.53. The summed E-state index contributed by atoms with van der Waals surface area (Å²) >= 11 is 0. The minimum absolute atomic E-state index is 0.0391. The van der Waals surface area contributed by atoms with Gasteiger partial charge in [0.25, 0.3) is 0 Å². The Balaban J connectivity index is 1.67. The molecule has 1 saturated heterocycles. The average Bonchev–Trinajstić information content (AvgIpc) is 3.08. The monoisotopic (exact) mass is 352 g/mol. The van der Waals surface area contributed by atoms with Crippen LogP contribution in [0.5, 0.6) is 0 Å². The number of hydrogen-bond acceptors (Lipinski definition) is 4. The molecule has 1 heterocycles. The van der Waals surface area contributed by atoms with Crippen molar-refractivity contribution in [3.63, 3.8) is 0 Å². The number of amides is 1. The Bertz CT molecular complexity index is 678. The van der Waals surface area contributed by atoms with Gasteiger partial charge in [-0.05, 0) is 37.0 Å². The molecule has 132 valence electrons. The molecule has 0 unspecified atom stereocenters. The number of nitrogens with zero attached hydrogens (tertiary/aromatic N) is 1. The Morgan fingerprint density at radius 1 is 1.21 bits per heavy atom. The predicted octanol–water partition coefficient (Wildman–Crippen LogP) is 2.23. The van der Waals surface area contributed by atoms with Crippen LogP contribution in [-0.4, -0.2) is 44.9 Å². The summed E-state index contributed by atoms with van der Waals surface area (Å²) < 4.78 is 32.0. The van der Waals surface area contributed by atoms with Gasteiger partial charge in [0.15, 0.2) is 0 Å². The quantitative estimate of drug-likeness (QED) is 0.882. The number of rotatable bonds is 5. The fraction of sp³-hybridized carbons (Fsp3) is 0.588. The van der Waals surface area contributed by atoms with E-state index in [1.54, 1.807) is 18.2 Å². The second kappa shape index (κ2) is 7.63. The van der Waals surface area contributed by atoms with Crippen molar-refractivity contribution in [1.29, 1.82) is 0 Å². The highest BCUT2D eigenvalue weighted by Crippen LogP contribution is 2.28. The summed E-state index contributed by atoms with van der Waals surface area (Å²) in [6.45, 7) is 1.55. The largest absolute Gasteiger partial charge is 0.379 e. The number of carbonyl (C=O) groups is 1. The van der Waals surface area contributed by atoms with Crippen molar-refractivity contribution in [3.05, 3.63) is 24.3 Å². The molecule has 24 heavy (non-hydrogen) atoms. The van der Waals surface area contributed by atoms with Gasteiger partial charge in [-0.2, -0.15) is 4.31 Å². The molecule has 1 aliphatic carbocycles. The van der Waals surface area contributed by atoms with Crippen LogP contribution >= 0.6 is 0 Å². The van der Waals surface area contributed by atoms with Crippen LogP contribution in [0, 0.1) is 5.92 Å². The summed E-state index contributed by atoms with van der Waals surface area (Å²) in [5, 5.41) is 2.84. The first-order valence-corrected chi connectivity index (χ1v) is 9.97. The Labute approximate surface area is 143 Å². The molecule has 0 spiro atoms. The Morgan fingerprint density at radius 3 is 2.62 bits per heavy atom. The van der Waals surface area contributed by atoms with Gasteiger partial charge < -0.3 is 10.1 Å². The van der Waals surface area contributed by atoms with Gasteiger partial charge in [-0.1, -0.05) is 18.9 Å². The molecule has 6 nitrogen and oxygen atoms in total. The first-order chi connectivity index (χ1) is 11.6. The fourth-order valence-electron chi connectivity index (χ4n) is 3.36. The lowest BCUT2D eigenvalue weighted by molar-refractivity contribution is -0.117. The van der Waals surface area contributed by atoms with E-state index >= 15 is 0 Å². The van der Waals surface area contributed by atoms with Crippen LogP contribution in [0.25, 0.3) is 0 Å². The third kappa shape index (κ3) is 4.15. The maximum atomic E-state index is 12.7. The minimum atomic E-state index is -3.54. The molecular weight excluding hydrogens is 328 g/mol. The first-order valence-electron chi connectivity index (χ1n) is 8.53. The van der Waals surface area contributed by atoms with Gasteiger partial charge in [-0.15, -0.1) is 0 Å². The highest BCUT2D eigenvalue weighted by atomic mass is 32.2. The lowest BCUT2D eigenvalue weighted by atomic mass is 10.0. The molecule has 0 atom stereocenters. The van der Waals surface area contributed by atoms with Crippen LogP contribution in [0.3, 0.4) is 0 Å². The normalized spacial score (nSPS) is 20.2. The summed E-state index contributed by atoms with van der Waals surface area (Å²) in [6, 6.07) is 6.50. The minimum Gasteiger partial charge on any atom is -0.379 e. The van der Waals surface area contributed by atoms with Crippen LogP contribution in [0.2, 0.25) is 0 Å². The number of hydrogen-bond donors (Lipinski definition) is 1. The smallest absolute Gasteiger partial charge is 0.243 e.